The van der Waals surface area contributed by atoms with Crippen molar-refractivity contribution in [2.75, 3.05) is 11.6 Å². The smallest absolute Gasteiger partial charge is 0.322 e. The van der Waals surface area contributed by atoms with Crippen LogP contribution in [-0.4, -0.2) is 20.7 Å². The Bertz CT molecular complexity index is 1160. The minimum atomic E-state index is -3.37. The van der Waals surface area contributed by atoms with Crippen molar-refractivity contribution in [2.45, 2.75) is 49.3 Å². The lowest BCUT2D eigenvalue weighted by Gasteiger charge is -2.20. The molecule has 0 fully saturated rings. The number of nitrogens with one attached hydrogen (secondary N) is 1. The molecule has 2 amide bonds. The molecule has 7 nitrogen and oxygen atoms in total. The molecule has 0 aliphatic carbocycles. The monoisotopic (exact) mass is 446 g/mol. The summed E-state index contributed by atoms with van der Waals surface area (Å²) >= 11 is 0. The van der Waals surface area contributed by atoms with E-state index in [0.717, 1.165) is 17.4 Å². The van der Waals surface area contributed by atoms with E-state index in [1.165, 1.54) is 24.3 Å². The van der Waals surface area contributed by atoms with E-state index in [2.05, 4.69) is 15.7 Å². The van der Waals surface area contributed by atoms with Gasteiger partial charge in [-0.2, -0.15) is 15.9 Å². The highest BCUT2D eigenvalue weighted by molar-refractivity contribution is 7.90. The number of nitriles is 1. The summed E-state index contributed by atoms with van der Waals surface area (Å²) in [5.41, 5.74) is 2.67. The van der Waals surface area contributed by atoms with Gasteiger partial charge in [-0.05, 0) is 47.2 Å². The predicted octanol–water partition coefficient (Wildman–Crippen LogP) is 4.95. The van der Waals surface area contributed by atoms with Gasteiger partial charge in [0.1, 0.15) is 0 Å². The average molecular weight is 447 g/mol. The molecule has 0 aliphatic heterocycles. The molecule has 160 valence electrons. The first-order chi connectivity index (χ1) is 13.9. The van der Waals surface area contributed by atoms with E-state index >= 15 is 0 Å². The maximum Gasteiger partial charge on any atom is 0.322 e. The normalized spacial score (nSPS) is 12.7. The van der Waals surface area contributed by atoms with Gasteiger partial charge < -0.3 is 13.9 Å². The van der Waals surface area contributed by atoms with Gasteiger partial charge in [0.15, 0.2) is 9.84 Å². The number of carbonyl (C=O) groups is 1. The number of carbonyl (C=O) groups excluding carboxylic acids is 1. The number of nitrogens with zero attached hydrogens (tertiary/aromatic N) is 2. The van der Waals surface area contributed by atoms with Crippen LogP contribution in [-0.2, 0) is 24.6 Å². The van der Waals surface area contributed by atoms with E-state index < -0.39 is 26.5 Å². The highest BCUT2D eigenvalue weighted by Gasteiger charge is 2.17. The van der Waals surface area contributed by atoms with Gasteiger partial charge in [0.05, 0.1) is 16.5 Å². The lowest BCUT2D eigenvalue weighted by atomic mass is 9.90. The number of urea groups is 1. The standard InChI is InChI=1S/C21H24N3O4S2/c1-13(2)18-10-15(12-22)11-19(14(3)4)20(18)23-21(25)24-29(26)16-6-8-17(9-7-16)30(5,27)28/h6-11,13-14H,1-5H3,(H,23,25)/q-1. The molecule has 2 rings (SSSR count). The molecule has 0 unspecified atom stereocenters. The van der Waals surface area contributed by atoms with Gasteiger partial charge in [-0.3, -0.25) is 0 Å². The number of rotatable bonds is 5. The Kier molecular flexibility index (Phi) is 7.39. The highest BCUT2D eigenvalue weighted by atomic mass is 32.2. The van der Waals surface area contributed by atoms with Crippen molar-refractivity contribution in [3.8, 4) is 6.07 Å². The van der Waals surface area contributed by atoms with Crippen molar-refractivity contribution >= 4 is 32.2 Å². The van der Waals surface area contributed by atoms with E-state index in [-0.39, 0.29) is 21.6 Å². The molecule has 0 saturated carbocycles. The Balaban J connectivity index is 2.40. The van der Waals surface area contributed by atoms with Crippen molar-refractivity contribution < 1.29 is 17.4 Å². The molecule has 2 aromatic carbocycles. The lowest BCUT2D eigenvalue weighted by molar-refractivity contribution is 0.260. The Hall–Kier alpha value is -2.70. The summed E-state index contributed by atoms with van der Waals surface area (Å²) in [6.45, 7) is 7.81. The van der Waals surface area contributed by atoms with Crippen LogP contribution in [0.25, 0.3) is 0 Å². The molecular formula is C21H24N3O4S2-. The molecule has 0 aliphatic rings. The summed E-state index contributed by atoms with van der Waals surface area (Å²) in [5, 5.41) is 12.0. The van der Waals surface area contributed by atoms with Crippen LogP contribution >= 0.6 is 0 Å². The van der Waals surface area contributed by atoms with Crippen molar-refractivity contribution in [3.63, 3.8) is 0 Å². The van der Waals surface area contributed by atoms with E-state index in [1.807, 2.05) is 27.7 Å². The van der Waals surface area contributed by atoms with Crippen molar-refractivity contribution in [2.24, 2.45) is 4.36 Å². The number of anilines is 1. The third-order valence-electron chi connectivity index (χ3n) is 4.42. The van der Waals surface area contributed by atoms with Crippen LogP contribution in [0.4, 0.5) is 10.5 Å². The average Bonchev–Trinajstić information content (AvgIpc) is 2.66. The first kappa shape index (κ1) is 23.6. The molecule has 0 bridgehead atoms. The Labute approximate surface area is 179 Å². The van der Waals surface area contributed by atoms with Crippen LogP contribution in [0.2, 0.25) is 0 Å². The predicted molar refractivity (Wildman–Crippen MR) is 117 cm³/mol. The van der Waals surface area contributed by atoms with E-state index in [0.29, 0.717) is 11.3 Å². The van der Waals surface area contributed by atoms with E-state index in [4.69, 9.17) is 0 Å². The third kappa shape index (κ3) is 5.68. The SMILES string of the molecule is CC(C)c1cc(C#N)cc(C(C)C)c1NC(=O)N=[S-](=O)c1ccc(S(C)(=O)=O)cc1. The minimum absolute atomic E-state index is 0.0418. The molecular weight excluding hydrogens is 422 g/mol. The second kappa shape index (κ2) is 9.41. The lowest BCUT2D eigenvalue weighted by Crippen LogP contribution is -2.13. The molecule has 0 radical (unpaired) electrons. The maximum absolute atomic E-state index is 12.5. The van der Waals surface area contributed by atoms with Gasteiger partial charge in [0.25, 0.3) is 0 Å². The Morgan fingerprint density at radius 1 is 1.07 bits per heavy atom. The summed E-state index contributed by atoms with van der Waals surface area (Å²) in [4.78, 5) is 12.8. The molecule has 0 atom stereocenters. The van der Waals surface area contributed by atoms with Crippen LogP contribution in [0.15, 0.2) is 50.6 Å². The molecule has 0 spiro atoms. The second-order valence-electron chi connectivity index (χ2n) is 7.47. The number of hydrogen-bond donors (Lipinski definition) is 1. The van der Waals surface area contributed by atoms with Crippen LogP contribution in [0.1, 0.15) is 56.2 Å². The van der Waals surface area contributed by atoms with Gasteiger partial charge in [0.2, 0.25) is 0 Å². The zero-order chi connectivity index (χ0) is 22.6. The number of hydrogen-bond acceptors (Lipinski definition) is 6. The molecule has 2 aromatic rings. The van der Waals surface area contributed by atoms with Gasteiger partial charge >= 0.3 is 6.03 Å². The van der Waals surface area contributed by atoms with E-state index in [1.54, 1.807) is 12.1 Å². The fourth-order valence-corrected chi connectivity index (χ4v) is 4.17. The van der Waals surface area contributed by atoms with Gasteiger partial charge in [-0.1, -0.05) is 44.7 Å². The Morgan fingerprint density at radius 2 is 1.57 bits per heavy atom. The molecule has 9 heteroatoms. The number of sulfone groups is 1. The van der Waals surface area contributed by atoms with Crippen LogP contribution in [0, 0.1) is 11.3 Å². The largest absolute Gasteiger partial charge is 0.439 e. The first-order valence-electron chi connectivity index (χ1n) is 9.26. The molecule has 0 heterocycles. The van der Waals surface area contributed by atoms with Crippen LogP contribution < -0.4 is 5.32 Å². The van der Waals surface area contributed by atoms with Crippen molar-refractivity contribution in [3.05, 3.63) is 53.1 Å². The van der Waals surface area contributed by atoms with Gasteiger partial charge in [-0.15, -0.1) is 0 Å². The minimum Gasteiger partial charge on any atom is -0.439 e. The van der Waals surface area contributed by atoms with Crippen LogP contribution in [0.3, 0.4) is 0 Å². The van der Waals surface area contributed by atoms with E-state index in [9.17, 15) is 22.7 Å². The summed E-state index contributed by atoms with van der Waals surface area (Å²) in [5.74, 6) is 0.0836. The Morgan fingerprint density at radius 3 is 1.97 bits per heavy atom. The zero-order valence-corrected chi connectivity index (χ0v) is 19.1. The topological polar surface area (TPSA) is 116 Å². The molecule has 0 saturated heterocycles. The second-order valence-corrected chi connectivity index (χ2v) is 10.6. The zero-order valence-electron chi connectivity index (χ0n) is 17.5. The maximum atomic E-state index is 12.5. The summed E-state index contributed by atoms with van der Waals surface area (Å²) < 4.78 is 39.2. The quantitative estimate of drug-likeness (QED) is 0.652. The first-order valence-corrected chi connectivity index (χ1v) is 12.3. The van der Waals surface area contributed by atoms with Crippen molar-refractivity contribution in [1.29, 1.82) is 5.26 Å². The van der Waals surface area contributed by atoms with Crippen molar-refractivity contribution in [1.82, 2.24) is 0 Å². The fraction of sp³-hybridized carbons (Fsp3) is 0.333. The highest BCUT2D eigenvalue weighted by Crippen LogP contribution is 2.34. The van der Waals surface area contributed by atoms with Gasteiger partial charge in [0, 0.05) is 11.9 Å². The number of amides is 2. The molecule has 1 N–H and O–H groups in total. The summed E-state index contributed by atoms with van der Waals surface area (Å²) in [6.07, 6.45) is 1.08. The molecule has 0 aromatic heterocycles. The summed E-state index contributed by atoms with van der Waals surface area (Å²) in [6, 6.07) is 10.2. The summed E-state index contributed by atoms with van der Waals surface area (Å²) in [7, 11) is -5.37. The van der Waals surface area contributed by atoms with Gasteiger partial charge in [-0.25, -0.2) is 13.2 Å². The fourth-order valence-electron chi connectivity index (χ4n) is 2.87. The molecule has 30 heavy (non-hydrogen) atoms. The number of benzene rings is 2. The third-order valence-corrected chi connectivity index (χ3v) is 6.56. The van der Waals surface area contributed by atoms with Crippen LogP contribution in [0.5, 0.6) is 0 Å².